The van der Waals surface area contributed by atoms with Crippen molar-refractivity contribution >= 4 is 17.1 Å². The SMILES string of the molecule is CCC1=C(C)C(C2C(=O)C(c3c(C)c(CC)c(C)n3C)=C2O)[N+](C)=C1C. The van der Waals surface area contributed by atoms with Crippen molar-refractivity contribution in [1.29, 1.82) is 0 Å². The first-order valence-electron chi connectivity index (χ1n) is 9.57. The Kier molecular flexibility index (Phi) is 4.50. The van der Waals surface area contributed by atoms with Gasteiger partial charge in [0.2, 0.25) is 0 Å². The predicted molar refractivity (Wildman–Crippen MR) is 106 cm³/mol. The number of aromatic nitrogens is 1. The topological polar surface area (TPSA) is 45.2 Å². The monoisotopic (exact) mass is 355 g/mol. The second-order valence-corrected chi connectivity index (χ2v) is 7.71. The summed E-state index contributed by atoms with van der Waals surface area (Å²) in [6.07, 6.45) is 1.88. The lowest BCUT2D eigenvalue weighted by atomic mass is 9.73. The molecule has 1 aliphatic carbocycles. The summed E-state index contributed by atoms with van der Waals surface area (Å²) in [7, 11) is 4.01. The minimum atomic E-state index is -0.450. The van der Waals surface area contributed by atoms with Gasteiger partial charge in [-0.2, -0.15) is 0 Å². The smallest absolute Gasteiger partial charge is 0.191 e. The normalized spacial score (nSPS) is 23.5. The van der Waals surface area contributed by atoms with Gasteiger partial charge in [0.1, 0.15) is 18.7 Å². The zero-order chi connectivity index (χ0) is 19.5. The zero-order valence-corrected chi connectivity index (χ0v) is 17.3. The Morgan fingerprint density at radius 2 is 1.73 bits per heavy atom. The fourth-order valence-electron chi connectivity index (χ4n) is 5.11. The Morgan fingerprint density at radius 3 is 2.15 bits per heavy atom. The lowest BCUT2D eigenvalue weighted by molar-refractivity contribution is -0.529. The van der Waals surface area contributed by atoms with E-state index in [0.29, 0.717) is 5.57 Å². The first kappa shape index (κ1) is 18.7. The molecule has 0 fully saturated rings. The highest BCUT2D eigenvalue weighted by Crippen LogP contribution is 2.44. The average Bonchev–Trinajstić information content (AvgIpc) is 2.94. The molecule has 140 valence electrons. The summed E-state index contributed by atoms with van der Waals surface area (Å²) >= 11 is 0. The van der Waals surface area contributed by atoms with Crippen LogP contribution in [0.2, 0.25) is 0 Å². The Hall–Kier alpha value is -2.10. The number of hydrogen-bond donors (Lipinski definition) is 1. The maximum Gasteiger partial charge on any atom is 0.191 e. The van der Waals surface area contributed by atoms with Crippen LogP contribution in [0.3, 0.4) is 0 Å². The summed E-state index contributed by atoms with van der Waals surface area (Å²) < 4.78 is 4.22. The summed E-state index contributed by atoms with van der Waals surface area (Å²) in [5.74, 6) is -0.133. The van der Waals surface area contributed by atoms with Crippen LogP contribution in [0.1, 0.15) is 56.6 Å². The highest BCUT2D eigenvalue weighted by molar-refractivity contribution is 6.30. The van der Waals surface area contributed by atoms with Crippen molar-refractivity contribution in [3.05, 3.63) is 39.4 Å². The number of carbonyl (C=O) groups excluding carboxylic acids is 1. The highest BCUT2D eigenvalue weighted by atomic mass is 16.3. The molecule has 0 bridgehead atoms. The van der Waals surface area contributed by atoms with E-state index in [1.165, 1.54) is 28.1 Å². The number of nitrogens with zero attached hydrogens (tertiary/aromatic N) is 2. The van der Waals surface area contributed by atoms with Crippen LogP contribution in [0.15, 0.2) is 16.9 Å². The third kappa shape index (κ3) is 2.20. The number of likely N-dealkylation sites (N-methyl/N-ethyl adjacent to an activating group) is 1. The lowest BCUT2D eigenvalue weighted by Gasteiger charge is -2.31. The minimum Gasteiger partial charge on any atom is -0.510 e. The second-order valence-electron chi connectivity index (χ2n) is 7.71. The quantitative estimate of drug-likeness (QED) is 0.833. The van der Waals surface area contributed by atoms with E-state index in [4.69, 9.17) is 0 Å². The molecule has 2 heterocycles. The molecule has 0 spiro atoms. The number of ketones is 1. The number of Topliss-reactive ketones (excluding diaryl/α,β-unsaturated/α-hetero) is 1. The van der Waals surface area contributed by atoms with Crippen molar-refractivity contribution in [3.8, 4) is 0 Å². The number of carbonyl (C=O) groups is 1. The molecule has 1 aromatic rings. The van der Waals surface area contributed by atoms with Gasteiger partial charge >= 0.3 is 0 Å². The van der Waals surface area contributed by atoms with E-state index in [1.54, 1.807) is 0 Å². The highest BCUT2D eigenvalue weighted by Gasteiger charge is 2.53. The van der Waals surface area contributed by atoms with Crippen molar-refractivity contribution in [1.82, 2.24) is 4.57 Å². The van der Waals surface area contributed by atoms with Gasteiger partial charge in [-0.1, -0.05) is 13.8 Å². The van der Waals surface area contributed by atoms with E-state index in [0.717, 1.165) is 24.1 Å². The van der Waals surface area contributed by atoms with Gasteiger partial charge in [0.25, 0.3) is 0 Å². The Labute approximate surface area is 156 Å². The number of rotatable bonds is 4. The van der Waals surface area contributed by atoms with Gasteiger partial charge in [-0.3, -0.25) is 4.79 Å². The van der Waals surface area contributed by atoms with Crippen LogP contribution in [0.4, 0.5) is 0 Å². The Balaban J connectivity index is 2.10. The third-order valence-corrected chi connectivity index (χ3v) is 6.73. The van der Waals surface area contributed by atoms with Crippen molar-refractivity contribution in [3.63, 3.8) is 0 Å². The third-order valence-electron chi connectivity index (χ3n) is 6.73. The molecule has 0 aromatic carbocycles. The maximum atomic E-state index is 13.2. The van der Waals surface area contributed by atoms with E-state index in [9.17, 15) is 9.90 Å². The Bertz CT molecular complexity index is 909. The Morgan fingerprint density at radius 1 is 1.12 bits per heavy atom. The molecular weight excluding hydrogens is 324 g/mol. The molecule has 1 N–H and O–H groups in total. The van der Waals surface area contributed by atoms with Gasteiger partial charge in [0.05, 0.1) is 11.3 Å². The van der Waals surface area contributed by atoms with E-state index in [-0.39, 0.29) is 17.6 Å². The molecule has 26 heavy (non-hydrogen) atoms. The molecule has 0 saturated heterocycles. The molecule has 2 atom stereocenters. The van der Waals surface area contributed by atoms with Crippen LogP contribution in [0.25, 0.3) is 5.57 Å². The molecule has 1 aromatic heterocycles. The summed E-state index contributed by atoms with van der Waals surface area (Å²) in [6, 6.07) is -0.0616. The molecule has 2 unspecified atom stereocenters. The zero-order valence-electron chi connectivity index (χ0n) is 17.3. The van der Waals surface area contributed by atoms with Crippen LogP contribution < -0.4 is 0 Å². The molecule has 3 rings (SSSR count). The average molecular weight is 356 g/mol. The summed E-state index contributed by atoms with van der Waals surface area (Å²) in [5, 5.41) is 10.9. The molecule has 4 heteroatoms. The largest absolute Gasteiger partial charge is 0.510 e. The van der Waals surface area contributed by atoms with Gasteiger partial charge in [0, 0.05) is 30.8 Å². The van der Waals surface area contributed by atoms with Crippen LogP contribution >= 0.6 is 0 Å². The number of aliphatic hydroxyl groups is 1. The fourth-order valence-corrected chi connectivity index (χ4v) is 5.11. The van der Waals surface area contributed by atoms with Crippen molar-refractivity contribution < 1.29 is 14.5 Å². The van der Waals surface area contributed by atoms with Crippen molar-refractivity contribution in [2.24, 2.45) is 13.0 Å². The first-order valence-corrected chi connectivity index (χ1v) is 9.57. The van der Waals surface area contributed by atoms with Gasteiger partial charge in [-0.25, -0.2) is 4.58 Å². The van der Waals surface area contributed by atoms with Crippen LogP contribution in [0, 0.1) is 19.8 Å². The second kappa shape index (κ2) is 6.26. The van der Waals surface area contributed by atoms with Gasteiger partial charge in [-0.15, -0.1) is 0 Å². The standard InChI is InChI=1S/C22H30N2O2/c1-9-15-11(3)19(23(7)13(15)5)17-21(25)18(22(17)26)20-12(4)16(10-2)14(6)24(20)8/h17,19H,9-10H2,1-8H3/p+1. The van der Waals surface area contributed by atoms with Gasteiger partial charge in [0.15, 0.2) is 17.5 Å². The van der Waals surface area contributed by atoms with E-state index in [1.807, 2.05) is 14.1 Å². The van der Waals surface area contributed by atoms with Crippen molar-refractivity contribution in [2.45, 2.75) is 60.4 Å². The van der Waals surface area contributed by atoms with E-state index >= 15 is 0 Å². The number of aliphatic hydroxyl groups excluding tert-OH is 1. The molecule has 0 amide bonds. The van der Waals surface area contributed by atoms with Crippen LogP contribution in [-0.2, 0) is 18.3 Å². The van der Waals surface area contributed by atoms with Gasteiger partial charge in [-0.05, 0) is 44.7 Å². The number of hydrogen-bond acceptors (Lipinski definition) is 2. The number of allylic oxidation sites excluding steroid dienone is 2. The molecular formula is C22H31N2O2+. The first-order chi connectivity index (χ1) is 12.2. The lowest BCUT2D eigenvalue weighted by Crippen LogP contribution is -2.44. The van der Waals surface area contributed by atoms with E-state index in [2.05, 4.69) is 50.7 Å². The predicted octanol–water partition coefficient (Wildman–Crippen LogP) is 3.88. The summed E-state index contributed by atoms with van der Waals surface area (Å²) in [5.41, 5.74) is 8.69. The molecule has 0 saturated carbocycles. The summed E-state index contributed by atoms with van der Waals surface area (Å²) in [6.45, 7) is 12.6. The minimum absolute atomic E-state index is 0.0616. The summed E-state index contributed by atoms with van der Waals surface area (Å²) in [4.78, 5) is 13.2. The van der Waals surface area contributed by atoms with E-state index < -0.39 is 5.92 Å². The molecule has 4 nitrogen and oxygen atoms in total. The molecule has 0 radical (unpaired) electrons. The fraction of sp³-hybridized carbons (Fsp3) is 0.545. The molecule has 2 aliphatic rings. The van der Waals surface area contributed by atoms with Crippen LogP contribution in [-0.4, -0.2) is 38.8 Å². The molecule has 1 aliphatic heterocycles. The van der Waals surface area contributed by atoms with Crippen LogP contribution in [0.5, 0.6) is 0 Å². The maximum absolute atomic E-state index is 13.2. The van der Waals surface area contributed by atoms with Crippen molar-refractivity contribution in [2.75, 3.05) is 7.05 Å². The van der Waals surface area contributed by atoms with Gasteiger partial charge < -0.3 is 9.67 Å².